The lowest BCUT2D eigenvalue weighted by Crippen LogP contribution is -1.99. The van der Waals surface area contributed by atoms with Crippen LogP contribution < -0.4 is 10.1 Å². The van der Waals surface area contributed by atoms with Crippen LogP contribution in [0.1, 0.15) is 13.0 Å². The highest BCUT2D eigenvalue weighted by Crippen LogP contribution is 2.23. The van der Waals surface area contributed by atoms with E-state index in [4.69, 9.17) is 4.74 Å². The van der Waals surface area contributed by atoms with Crippen LogP contribution in [0.15, 0.2) is 72.8 Å². The molecule has 0 aliphatic carbocycles. The monoisotopic (exact) mass is 373 g/mol. The third-order valence-electron chi connectivity index (χ3n) is 4.36. The van der Waals surface area contributed by atoms with Crippen molar-refractivity contribution in [2.75, 3.05) is 12.4 Å². The maximum atomic E-state index is 5.21. The van der Waals surface area contributed by atoms with Gasteiger partial charge in [-0.2, -0.15) is 5.21 Å². The second kappa shape index (κ2) is 8.81. The number of tetrazole rings is 1. The van der Waals surface area contributed by atoms with Crippen LogP contribution in [-0.4, -0.2) is 27.7 Å². The van der Waals surface area contributed by atoms with E-state index in [1.807, 2.05) is 36.4 Å². The molecule has 0 spiro atoms. The first-order valence-electron chi connectivity index (χ1n) is 8.63. The highest BCUT2D eigenvalue weighted by atomic mass is 16.5. The second-order valence-corrected chi connectivity index (χ2v) is 6.09. The number of anilines is 1. The Morgan fingerprint density at radius 2 is 1.43 bits per heavy atom. The van der Waals surface area contributed by atoms with E-state index in [2.05, 4.69) is 62.3 Å². The first-order chi connectivity index (χ1) is 13.3. The van der Waals surface area contributed by atoms with Gasteiger partial charge in [-0.1, -0.05) is 43.8 Å². The summed E-state index contributed by atoms with van der Waals surface area (Å²) >= 11 is 0. The summed E-state index contributed by atoms with van der Waals surface area (Å²) in [7, 11) is 1.68. The number of ether oxygens (including phenoxy) is 1. The van der Waals surface area contributed by atoms with Crippen molar-refractivity contribution in [2.45, 2.75) is 14.0 Å². The van der Waals surface area contributed by atoms with Gasteiger partial charge in [0.05, 0.1) is 7.11 Å². The van der Waals surface area contributed by atoms with Gasteiger partial charge < -0.3 is 10.1 Å². The number of nitrogens with zero attached hydrogens (tertiary/aromatic N) is 3. The number of aromatic nitrogens is 4. The highest BCUT2D eigenvalue weighted by Gasteiger charge is 2.03. The van der Waals surface area contributed by atoms with Crippen LogP contribution in [0.4, 0.5) is 5.69 Å². The van der Waals surface area contributed by atoms with Crippen molar-refractivity contribution in [1.82, 2.24) is 20.6 Å². The lowest BCUT2D eigenvalue weighted by Gasteiger charge is -2.08. The van der Waals surface area contributed by atoms with Crippen LogP contribution in [0, 0.1) is 0 Å². The molecule has 6 nitrogen and oxygen atoms in total. The molecule has 0 saturated carbocycles. The molecule has 4 rings (SSSR count). The van der Waals surface area contributed by atoms with Crippen molar-refractivity contribution in [3.63, 3.8) is 0 Å². The number of H-pyrrole nitrogens is 1. The fourth-order valence-electron chi connectivity index (χ4n) is 2.82. The number of methoxy groups -OCH3 is 1. The fraction of sp³-hybridized carbons (Fsp3) is 0.136. The van der Waals surface area contributed by atoms with Crippen LogP contribution in [0.25, 0.3) is 22.5 Å². The van der Waals surface area contributed by atoms with Crippen molar-refractivity contribution in [3.05, 3.63) is 78.4 Å². The van der Waals surface area contributed by atoms with E-state index in [1.165, 1.54) is 16.7 Å². The average molecular weight is 373 g/mol. The number of aromatic amines is 1. The van der Waals surface area contributed by atoms with Crippen LogP contribution >= 0.6 is 0 Å². The molecule has 3 aromatic carbocycles. The molecule has 0 fully saturated rings. The Morgan fingerprint density at radius 1 is 0.821 bits per heavy atom. The van der Waals surface area contributed by atoms with Crippen LogP contribution in [0.2, 0.25) is 0 Å². The Morgan fingerprint density at radius 3 is 2.00 bits per heavy atom. The molecule has 0 aliphatic heterocycles. The summed E-state index contributed by atoms with van der Waals surface area (Å²) in [5.41, 5.74) is 5.55. The number of rotatable bonds is 6. The highest BCUT2D eigenvalue weighted by molar-refractivity contribution is 5.64. The lowest BCUT2D eigenvalue weighted by atomic mass is 10.0. The van der Waals surface area contributed by atoms with Gasteiger partial charge in [0.25, 0.3) is 0 Å². The Labute approximate surface area is 164 Å². The number of benzene rings is 3. The smallest absolute Gasteiger partial charge is 0.204 e. The maximum Gasteiger partial charge on any atom is 0.204 e. The van der Waals surface area contributed by atoms with Gasteiger partial charge in [-0.25, -0.2) is 0 Å². The van der Waals surface area contributed by atoms with Gasteiger partial charge in [-0.3, -0.25) is 0 Å². The Kier molecular flexibility index (Phi) is 6.01. The van der Waals surface area contributed by atoms with E-state index < -0.39 is 0 Å². The summed E-state index contributed by atoms with van der Waals surface area (Å²) in [5, 5.41) is 17.4. The molecule has 28 heavy (non-hydrogen) atoms. The minimum Gasteiger partial charge on any atom is -0.497 e. The topological polar surface area (TPSA) is 75.7 Å². The Hall–Kier alpha value is -3.67. The molecule has 0 amide bonds. The SMILES string of the molecule is C.COc1ccc(-c2ccc(CNc3ccc(-c4nn[nH]n4)cc3)cc2)cc1. The number of hydrogen-bond donors (Lipinski definition) is 2. The molecular formula is C22H23N5O. The van der Waals surface area contributed by atoms with E-state index in [0.29, 0.717) is 5.82 Å². The Bertz CT molecular complexity index is 979. The third-order valence-corrected chi connectivity index (χ3v) is 4.36. The zero-order chi connectivity index (χ0) is 18.5. The van der Waals surface area contributed by atoms with Gasteiger partial charge in [-0.15, -0.1) is 10.2 Å². The summed E-state index contributed by atoms with van der Waals surface area (Å²) in [5.74, 6) is 1.46. The lowest BCUT2D eigenvalue weighted by molar-refractivity contribution is 0.415. The number of nitrogens with one attached hydrogen (secondary N) is 2. The maximum absolute atomic E-state index is 5.21. The zero-order valence-corrected chi connectivity index (χ0v) is 14.9. The Balaban J connectivity index is 0.00000225. The van der Waals surface area contributed by atoms with Gasteiger partial charge in [0.2, 0.25) is 5.82 Å². The van der Waals surface area contributed by atoms with Crippen molar-refractivity contribution < 1.29 is 4.74 Å². The average Bonchev–Trinajstić information content (AvgIpc) is 3.28. The largest absolute Gasteiger partial charge is 0.497 e. The quantitative estimate of drug-likeness (QED) is 0.508. The van der Waals surface area contributed by atoms with E-state index in [1.54, 1.807) is 7.11 Å². The predicted octanol–water partition coefficient (Wildman–Crippen LogP) is 4.79. The van der Waals surface area contributed by atoms with E-state index >= 15 is 0 Å². The standard InChI is InChI=1S/C21H19N5O.CH4/c1-27-20-12-8-17(9-13-20)16-4-2-15(3-5-16)14-22-19-10-6-18(7-11-19)21-23-25-26-24-21;/h2-13,22H,14H2,1H3,(H,23,24,25,26);1H4. The third kappa shape index (κ3) is 4.35. The predicted molar refractivity (Wildman–Crippen MR) is 112 cm³/mol. The fourth-order valence-corrected chi connectivity index (χ4v) is 2.82. The molecule has 0 radical (unpaired) electrons. The first-order valence-corrected chi connectivity index (χ1v) is 8.63. The molecule has 2 N–H and O–H groups in total. The molecule has 0 bridgehead atoms. The van der Waals surface area contributed by atoms with Crippen molar-refractivity contribution in [1.29, 1.82) is 0 Å². The normalized spacial score (nSPS) is 10.2. The summed E-state index contributed by atoms with van der Waals surface area (Å²) in [4.78, 5) is 0. The number of hydrogen-bond acceptors (Lipinski definition) is 5. The molecule has 6 heteroatoms. The van der Waals surface area contributed by atoms with Gasteiger partial charge >= 0.3 is 0 Å². The molecule has 142 valence electrons. The van der Waals surface area contributed by atoms with Crippen molar-refractivity contribution in [3.8, 4) is 28.3 Å². The molecule has 1 aromatic heterocycles. The van der Waals surface area contributed by atoms with Crippen LogP contribution in [-0.2, 0) is 6.54 Å². The molecule has 0 aliphatic rings. The van der Waals surface area contributed by atoms with Gasteiger partial charge in [-0.05, 0) is 58.3 Å². The molecular weight excluding hydrogens is 350 g/mol. The summed E-state index contributed by atoms with van der Waals surface area (Å²) in [6.07, 6.45) is 0. The molecule has 0 saturated heterocycles. The summed E-state index contributed by atoms with van der Waals surface area (Å²) in [6, 6.07) is 24.6. The van der Waals surface area contributed by atoms with E-state index in [0.717, 1.165) is 23.5 Å². The van der Waals surface area contributed by atoms with Gasteiger partial charge in [0.15, 0.2) is 0 Å². The van der Waals surface area contributed by atoms with Gasteiger partial charge in [0, 0.05) is 17.8 Å². The van der Waals surface area contributed by atoms with Crippen molar-refractivity contribution in [2.24, 2.45) is 0 Å². The van der Waals surface area contributed by atoms with E-state index in [9.17, 15) is 0 Å². The van der Waals surface area contributed by atoms with Crippen LogP contribution in [0.3, 0.4) is 0 Å². The molecule has 0 atom stereocenters. The van der Waals surface area contributed by atoms with Gasteiger partial charge in [0.1, 0.15) is 5.75 Å². The van der Waals surface area contributed by atoms with E-state index in [-0.39, 0.29) is 7.43 Å². The molecule has 1 heterocycles. The second-order valence-electron chi connectivity index (χ2n) is 6.09. The summed E-state index contributed by atoms with van der Waals surface area (Å²) < 4.78 is 5.21. The minimum absolute atomic E-state index is 0. The summed E-state index contributed by atoms with van der Waals surface area (Å²) in [6.45, 7) is 0.754. The zero-order valence-electron chi connectivity index (χ0n) is 14.9. The first kappa shape index (κ1) is 19.1. The minimum atomic E-state index is 0. The van der Waals surface area contributed by atoms with Crippen LogP contribution in [0.5, 0.6) is 5.75 Å². The molecule has 4 aromatic rings. The van der Waals surface area contributed by atoms with Crippen molar-refractivity contribution >= 4 is 5.69 Å². The molecule has 0 unspecified atom stereocenters.